The molecular formula is C65H63Br2F3IN21O5. The van der Waals surface area contributed by atoms with Gasteiger partial charge in [-0.05, 0) is 180 Å². The number of rotatable bonds is 14. The molecule has 0 spiro atoms. The molecule has 97 heavy (non-hydrogen) atoms. The van der Waals surface area contributed by atoms with E-state index >= 15 is 0 Å². The molecule has 32 heteroatoms. The average Bonchev–Trinajstić information content (AvgIpc) is 1.65. The molecule has 0 unspecified atom stereocenters. The monoisotopic (exact) mass is 1560 g/mol. The number of nitrogens with one attached hydrogen (secondary N) is 1. The maximum absolute atomic E-state index is 14.2. The van der Waals surface area contributed by atoms with Gasteiger partial charge in [0.1, 0.15) is 80.3 Å². The van der Waals surface area contributed by atoms with Crippen LogP contribution in [0.15, 0.2) is 94.5 Å². The Labute approximate surface area is 585 Å². The molecule has 3 aromatic carbocycles. The van der Waals surface area contributed by atoms with Gasteiger partial charge in [0.05, 0.1) is 60.0 Å². The van der Waals surface area contributed by atoms with Crippen LogP contribution >= 0.6 is 54.5 Å². The topological polar surface area (TPSA) is 361 Å². The summed E-state index contributed by atoms with van der Waals surface area (Å²) in [5.74, 6) is -1.11. The number of halogens is 6. The Morgan fingerprint density at radius 1 is 0.732 bits per heavy atom. The Morgan fingerprint density at radius 2 is 1.30 bits per heavy atom. The second kappa shape index (κ2) is 30.5. The van der Waals surface area contributed by atoms with Crippen molar-refractivity contribution in [2.24, 2.45) is 21.1 Å². The maximum Gasteiger partial charge on any atom is 0.258 e. The van der Waals surface area contributed by atoms with Gasteiger partial charge in [-0.25, -0.2) is 43.1 Å². The number of amides is 2. The Kier molecular flexibility index (Phi) is 22.0. The molecule has 3 atom stereocenters. The fourth-order valence-corrected chi connectivity index (χ4v) is 11.6. The summed E-state index contributed by atoms with van der Waals surface area (Å²) < 4.78 is 65.4. The Morgan fingerprint density at radius 3 is 1.89 bits per heavy atom. The van der Waals surface area contributed by atoms with E-state index in [0.29, 0.717) is 77.2 Å². The predicted molar refractivity (Wildman–Crippen MR) is 362 cm³/mol. The van der Waals surface area contributed by atoms with Gasteiger partial charge in [-0.2, -0.15) is 31.1 Å². The van der Waals surface area contributed by atoms with Crippen molar-refractivity contribution in [2.75, 3.05) is 17.2 Å². The third kappa shape index (κ3) is 17.2. The average molecular weight is 1560 g/mol. The number of fused-ring (bicyclic) bond motifs is 5. The van der Waals surface area contributed by atoms with E-state index in [1.807, 2.05) is 6.07 Å². The van der Waals surface area contributed by atoms with Gasteiger partial charge < -0.3 is 46.5 Å². The molecule has 3 aliphatic carbocycles. The number of carbonyl (C=O) groups excluding carboxylic acids is 2. The minimum absolute atomic E-state index is 0.0379. The molecule has 13 rings (SSSR count). The molecule has 2 amide bonds. The SMILES string of the molecule is C[C@@H](Oc1nc(Br)cnc1N)c1cc(F)ccc1C(=O)N(Cc1cc(C#N)n(C)n1)C1CC1.C[C@@H](Oc1nc(Br)cnc1N)c1cc(F)ccc1I.C[C@H]1Oc2nc(cnc2N)-c2c(nn(C)c2C#N)CN(C2CC2)C(=O)c2ccc(F)cc21.Cn1nc(CNC2CC2)cc1C#N. The highest BCUT2D eigenvalue weighted by Gasteiger charge is 2.38. The van der Waals surface area contributed by atoms with Crippen molar-refractivity contribution in [1.29, 1.82) is 15.8 Å². The van der Waals surface area contributed by atoms with Gasteiger partial charge in [0.15, 0.2) is 17.5 Å². The van der Waals surface area contributed by atoms with Crippen molar-refractivity contribution in [2.45, 2.75) is 115 Å². The highest BCUT2D eigenvalue weighted by molar-refractivity contribution is 14.1. The fourth-order valence-electron chi connectivity index (χ4n) is 10.3. The van der Waals surface area contributed by atoms with Crippen molar-refractivity contribution in [1.82, 2.24) is 74.4 Å². The minimum Gasteiger partial charge on any atom is -0.467 e. The quantitative estimate of drug-likeness (QED) is 0.0735. The Balaban J connectivity index is 0.000000148. The van der Waals surface area contributed by atoms with E-state index in [-0.39, 0.29) is 84.0 Å². The zero-order valence-corrected chi connectivity index (χ0v) is 58.4. The largest absolute Gasteiger partial charge is 0.467 e. The lowest BCUT2D eigenvalue weighted by atomic mass is 10.0. The Hall–Kier alpha value is -9.82. The third-order valence-corrected chi connectivity index (χ3v) is 17.5. The molecule has 0 saturated heterocycles. The van der Waals surface area contributed by atoms with Crippen molar-refractivity contribution in [3.05, 3.63) is 178 Å². The van der Waals surface area contributed by atoms with Crippen LogP contribution in [0.3, 0.4) is 0 Å². The summed E-state index contributed by atoms with van der Waals surface area (Å²) in [4.78, 5) is 55.5. The van der Waals surface area contributed by atoms with Crippen molar-refractivity contribution in [3.63, 3.8) is 0 Å². The van der Waals surface area contributed by atoms with Crippen LogP contribution in [-0.4, -0.2) is 99.0 Å². The van der Waals surface area contributed by atoms with E-state index in [1.165, 1.54) is 89.3 Å². The van der Waals surface area contributed by atoms with Crippen LogP contribution in [0.5, 0.6) is 17.6 Å². The summed E-state index contributed by atoms with van der Waals surface area (Å²) >= 11 is 8.54. The molecular weight excluding hydrogens is 1500 g/mol. The van der Waals surface area contributed by atoms with Gasteiger partial charge in [-0.1, -0.05) is 0 Å². The lowest BCUT2D eigenvalue weighted by Crippen LogP contribution is -2.34. The first-order valence-electron chi connectivity index (χ1n) is 30.3. The lowest BCUT2D eigenvalue weighted by molar-refractivity contribution is 0.0715. The van der Waals surface area contributed by atoms with E-state index in [1.54, 1.807) is 68.5 Å². The minimum atomic E-state index is -0.730. The van der Waals surface area contributed by atoms with Crippen LogP contribution in [0.2, 0.25) is 0 Å². The molecule has 3 fully saturated rings. The molecule has 9 aromatic rings. The number of hydrogen-bond acceptors (Lipinski definition) is 21. The second-order valence-corrected chi connectivity index (χ2v) is 25.8. The zero-order chi connectivity index (χ0) is 69.5. The number of ether oxygens (including phenoxy) is 3. The van der Waals surface area contributed by atoms with Crippen molar-refractivity contribution >= 4 is 83.7 Å². The van der Waals surface area contributed by atoms with E-state index in [2.05, 4.69) is 123 Å². The molecule has 4 aliphatic rings. The first kappa shape index (κ1) is 70.0. The van der Waals surface area contributed by atoms with Gasteiger partial charge in [0.2, 0.25) is 0 Å². The Bertz CT molecular complexity index is 4580. The van der Waals surface area contributed by atoms with E-state index in [9.17, 15) is 33.3 Å². The molecule has 2 bridgehead atoms. The number of aryl methyl sites for hydroxylation is 3. The van der Waals surface area contributed by atoms with E-state index in [0.717, 1.165) is 47.1 Å². The summed E-state index contributed by atoms with van der Waals surface area (Å²) in [6.45, 7) is 6.39. The molecule has 7 heterocycles. The molecule has 7 N–H and O–H groups in total. The van der Waals surface area contributed by atoms with E-state index in [4.69, 9.17) is 36.7 Å². The number of nitrogen functional groups attached to an aromatic ring is 3. The van der Waals surface area contributed by atoms with Gasteiger partial charge in [0, 0.05) is 77.2 Å². The molecule has 3 saturated carbocycles. The van der Waals surface area contributed by atoms with Gasteiger partial charge in [-0.3, -0.25) is 23.6 Å². The third-order valence-electron chi connectivity index (χ3n) is 15.7. The molecule has 0 radical (unpaired) electrons. The van der Waals surface area contributed by atoms with Crippen LogP contribution in [-0.2, 0) is 40.8 Å². The molecule has 6 aromatic heterocycles. The van der Waals surface area contributed by atoms with Gasteiger partial charge in [-0.15, -0.1) is 0 Å². The number of nitriles is 3. The summed E-state index contributed by atoms with van der Waals surface area (Å²) in [6.07, 6.45) is 8.58. The summed E-state index contributed by atoms with van der Waals surface area (Å²) in [7, 11) is 5.13. The van der Waals surface area contributed by atoms with Crippen molar-refractivity contribution in [3.8, 4) is 47.1 Å². The number of benzene rings is 3. The van der Waals surface area contributed by atoms with Gasteiger partial charge in [0.25, 0.3) is 29.5 Å². The first-order chi connectivity index (χ1) is 46.4. The standard InChI is InChI=1S/C22H21BrFN7O2.C22H20FN7O2.C12H10BrFIN3O.C9H12N4/c1-12(33-21-20(26)27-10-19(23)28-21)18-7-13(24)3-6-17(18)22(32)31(15-4-5-15)11-14-8-16(9-25)30(2)29-14;1-11-15-7-12(23)3-6-14(15)22(31)30(13-4-5-13)10-17-19(18(8-24)29(2)28-17)16-9-26-20(25)21(27-16)32-11;1-6(8-4-7(14)2-3-9(8)15)19-12-11(16)17-5-10(13)18-12;1-13-9(5-10)4-8(12-13)6-11-7-2-3-7/h3,6-8,10,12,15H,4-5,11H2,1-2H3,(H2,26,27);3,6-7,9,11,13H,4-5,10H2,1-2H3,(H2,25,26);2-6H,1H3,(H2,16,17);4,7,11H,2-3,6H2,1H3/t12-;11-;6-;/m111./s1. The van der Waals surface area contributed by atoms with Crippen LogP contribution in [0.1, 0.15) is 149 Å². The fraction of sp³-hybridized carbons (Fsp3) is 0.323. The first-order valence-corrected chi connectivity index (χ1v) is 33.0. The predicted octanol–water partition coefficient (Wildman–Crippen LogP) is 10.5. The van der Waals surface area contributed by atoms with Gasteiger partial charge >= 0.3 is 0 Å². The molecule has 1 aliphatic heterocycles. The number of carbonyl (C=O) groups is 2. The van der Waals surface area contributed by atoms with Crippen LogP contribution in [0.25, 0.3) is 11.3 Å². The summed E-state index contributed by atoms with van der Waals surface area (Å²) in [6, 6.07) is 23.2. The highest BCUT2D eigenvalue weighted by atomic mass is 127. The lowest BCUT2D eigenvalue weighted by Gasteiger charge is -2.26. The summed E-state index contributed by atoms with van der Waals surface area (Å²) in [5, 5.41) is 44.0. The maximum atomic E-state index is 14.2. The summed E-state index contributed by atoms with van der Waals surface area (Å²) in [5.41, 5.74) is 23.9. The van der Waals surface area contributed by atoms with Crippen LogP contribution in [0.4, 0.5) is 30.6 Å². The van der Waals surface area contributed by atoms with Crippen LogP contribution < -0.4 is 36.7 Å². The number of nitrogens with zero attached hydrogens (tertiary/aromatic N) is 17. The number of anilines is 3. The molecule has 26 nitrogen and oxygen atoms in total. The number of aromatic nitrogens is 12. The van der Waals surface area contributed by atoms with Crippen molar-refractivity contribution < 1.29 is 37.0 Å². The normalized spacial score (nSPS) is 15.2. The smallest absolute Gasteiger partial charge is 0.258 e. The zero-order valence-electron chi connectivity index (χ0n) is 53.1. The van der Waals surface area contributed by atoms with Crippen LogP contribution in [0, 0.1) is 55.0 Å². The number of nitrogens with two attached hydrogens (primary N) is 3. The molecule has 500 valence electrons. The number of hydrogen-bond donors (Lipinski definition) is 4. The van der Waals surface area contributed by atoms with E-state index < -0.39 is 23.8 Å². The highest BCUT2D eigenvalue weighted by Crippen LogP contribution is 2.39. The second-order valence-electron chi connectivity index (χ2n) is 23.0.